The highest BCUT2D eigenvalue weighted by molar-refractivity contribution is 6.16. The molecule has 0 saturated heterocycles. The van der Waals surface area contributed by atoms with Crippen molar-refractivity contribution >= 4 is 32.3 Å². The summed E-state index contributed by atoms with van der Waals surface area (Å²) in [6.45, 7) is 20.8. The zero-order chi connectivity index (χ0) is 28.7. The van der Waals surface area contributed by atoms with E-state index in [2.05, 4.69) is 129 Å². The van der Waals surface area contributed by atoms with Crippen LogP contribution in [0, 0.1) is 17.8 Å². The fourth-order valence-corrected chi connectivity index (χ4v) is 6.69. The molecule has 0 fully saturated rings. The van der Waals surface area contributed by atoms with E-state index in [0.717, 1.165) is 24.3 Å². The average molecular weight is 531 g/mol. The number of hydrogen-bond donors (Lipinski definition) is 0. The van der Waals surface area contributed by atoms with Crippen molar-refractivity contribution in [2.45, 2.75) is 81.1 Å². The van der Waals surface area contributed by atoms with Gasteiger partial charge in [-0.1, -0.05) is 91.8 Å². The van der Waals surface area contributed by atoms with Gasteiger partial charge >= 0.3 is 0 Å². The fraction of sp³-hybridized carbons (Fsp3) is 0.395. The maximum Gasteiger partial charge on any atom is 0.228 e. The lowest BCUT2D eigenvalue weighted by atomic mass is 9.80. The van der Waals surface area contributed by atoms with Crippen molar-refractivity contribution in [3.63, 3.8) is 0 Å². The highest BCUT2D eigenvalue weighted by Crippen LogP contribution is 2.53. The minimum absolute atomic E-state index is 0.120. The first-order chi connectivity index (χ1) is 18.7. The number of ether oxygens (including phenoxy) is 1. The van der Waals surface area contributed by atoms with Crippen LogP contribution < -0.4 is 9.30 Å². The molecular formula is C38H44NO+. The molecule has 1 aliphatic heterocycles. The average Bonchev–Trinajstić information content (AvgIpc) is 2.85. The Hall–Kier alpha value is -3.39. The Balaban J connectivity index is 1.73. The highest BCUT2D eigenvalue weighted by Gasteiger charge is 2.34. The zero-order valence-electron chi connectivity index (χ0n) is 26.0. The van der Waals surface area contributed by atoms with Crippen LogP contribution in [-0.4, -0.2) is 0 Å². The molecule has 40 heavy (non-hydrogen) atoms. The molecule has 1 aromatic heterocycles. The Morgan fingerprint density at radius 2 is 1.50 bits per heavy atom. The van der Waals surface area contributed by atoms with Gasteiger partial charge in [-0.2, -0.15) is 0 Å². The van der Waals surface area contributed by atoms with Gasteiger partial charge in [0.2, 0.25) is 5.69 Å². The van der Waals surface area contributed by atoms with Gasteiger partial charge in [0.15, 0.2) is 6.20 Å². The molecule has 6 rings (SSSR count). The number of rotatable bonds is 3. The Morgan fingerprint density at radius 3 is 2.17 bits per heavy atom. The van der Waals surface area contributed by atoms with Gasteiger partial charge in [0.1, 0.15) is 18.5 Å². The molecule has 0 radical (unpaired) electrons. The van der Waals surface area contributed by atoms with Crippen LogP contribution in [0.15, 0.2) is 54.7 Å². The Kier molecular flexibility index (Phi) is 6.07. The third-order valence-electron chi connectivity index (χ3n) is 8.47. The number of pyridine rings is 1. The second kappa shape index (κ2) is 9.06. The van der Waals surface area contributed by atoms with Crippen LogP contribution in [0.2, 0.25) is 0 Å². The summed E-state index contributed by atoms with van der Waals surface area (Å²) >= 11 is 0. The molecule has 0 unspecified atom stereocenters. The maximum absolute atomic E-state index is 7.05. The third-order valence-corrected chi connectivity index (χ3v) is 8.47. The van der Waals surface area contributed by atoms with Crippen LogP contribution in [0.1, 0.15) is 83.6 Å². The van der Waals surface area contributed by atoms with Crippen LogP contribution in [-0.2, 0) is 19.9 Å². The summed E-state index contributed by atoms with van der Waals surface area (Å²) in [5.74, 6) is 2.49. The van der Waals surface area contributed by atoms with Crippen molar-refractivity contribution in [2.75, 3.05) is 0 Å². The van der Waals surface area contributed by atoms with Crippen LogP contribution in [0.25, 0.3) is 43.6 Å². The van der Waals surface area contributed by atoms with E-state index in [9.17, 15) is 0 Å². The predicted octanol–water partition coefficient (Wildman–Crippen LogP) is 10.4. The molecule has 2 heteroatoms. The molecule has 0 saturated carbocycles. The number of aryl methyl sites for hydroxylation is 2. The molecule has 2 nitrogen and oxygen atoms in total. The summed E-state index contributed by atoms with van der Waals surface area (Å²) < 4.78 is 9.36. The number of benzene rings is 4. The molecule has 0 amide bonds. The van der Waals surface area contributed by atoms with Gasteiger partial charge in [0.05, 0.1) is 10.9 Å². The van der Waals surface area contributed by atoms with Crippen LogP contribution in [0.4, 0.5) is 0 Å². The summed E-state index contributed by atoms with van der Waals surface area (Å²) in [6, 6.07) is 18.6. The van der Waals surface area contributed by atoms with Crippen molar-refractivity contribution in [1.82, 2.24) is 0 Å². The molecule has 0 N–H and O–H groups in total. The Labute approximate surface area is 240 Å². The second-order valence-corrected chi connectivity index (χ2v) is 14.8. The molecule has 1 aliphatic rings. The van der Waals surface area contributed by atoms with Crippen molar-refractivity contribution in [2.24, 2.45) is 17.9 Å². The molecule has 0 aliphatic carbocycles. The lowest BCUT2D eigenvalue weighted by Gasteiger charge is -2.29. The summed E-state index contributed by atoms with van der Waals surface area (Å²) in [5, 5.41) is 7.71. The Bertz CT molecular complexity index is 1830. The SMILES string of the molecule is Cc1c2c(c(CC(C)(C)C)c3ccc(CC(C)(C)C)cc13)Oc1cc3ccc(C(C)C)cc3c3cc[n+](C)c-2c13. The van der Waals surface area contributed by atoms with Crippen LogP contribution in [0.5, 0.6) is 11.5 Å². The van der Waals surface area contributed by atoms with Crippen LogP contribution >= 0.6 is 0 Å². The quantitative estimate of drug-likeness (QED) is 0.164. The molecular weight excluding hydrogens is 486 g/mol. The standard InChI is InChI=1S/C38H44NO/c1-22(2)25-12-13-26-19-32-34-28(30(26)18-25)15-16-39(10)35(34)33-23(3)29-17-24(20-37(4,5)6)11-14-27(29)31(36(33)40-32)21-38(7,8)9/h11-19,22H,20-21H2,1-10H3/q+1. The van der Waals surface area contributed by atoms with Crippen molar-refractivity contribution in [3.05, 3.63) is 77.0 Å². The van der Waals surface area contributed by atoms with Gasteiger partial charge < -0.3 is 4.74 Å². The number of hydrogen-bond acceptors (Lipinski definition) is 1. The van der Waals surface area contributed by atoms with Crippen molar-refractivity contribution < 1.29 is 9.30 Å². The van der Waals surface area contributed by atoms with Gasteiger partial charge in [0, 0.05) is 17.0 Å². The second-order valence-electron chi connectivity index (χ2n) is 14.8. The monoisotopic (exact) mass is 530 g/mol. The van der Waals surface area contributed by atoms with Crippen molar-refractivity contribution in [1.29, 1.82) is 0 Å². The van der Waals surface area contributed by atoms with E-state index in [1.165, 1.54) is 65.8 Å². The first-order valence-electron chi connectivity index (χ1n) is 14.9. The van der Waals surface area contributed by atoms with E-state index in [1.54, 1.807) is 0 Å². The van der Waals surface area contributed by atoms with E-state index in [4.69, 9.17) is 4.74 Å². The normalized spacial score (nSPS) is 13.4. The number of aromatic nitrogens is 1. The first kappa shape index (κ1) is 26.8. The molecule has 0 spiro atoms. The number of nitrogens with zero attached hydrogens (tertiary/aromatic N) is 1. The van der Waals surface area contributed by atoms with Gasteiger partial charge in [0.25, 0.3) is 0 Å². The topological polar surface area (TPSA) is 13.1 Å². The maximum atomic E-state index is 7.05. The fourth-order valence-electron chi connectivity index (χ4n) is 6.69. The number of fused-ring (bicyclic) bond motifs is 5. The van der Waals surface area contributed by atoms with E-state index >= 15 is 0 Å². The summed E-state index contributed by atoms with van der Waals surface area (Å²) in [7, 11) is 2.19. The molecule has 206 valence electrons. The highest BCUT2D eigenvalue weighted by atomic mass is 16.5. The molecule has 4 aromatic carbocycles. The lowest BCUT2D eigenvalue weighted by Crippen LogP contribution is -2.32. The Morgan fingerprint density at radius 1 is 0.775 bits per heavy atom. The summed E-state index contributed by atoms with van der Waals surface area (Å²) in [6.07, 6.45) is 4.24. The smallest absolute Gasteiger partial charge is 0.228 e. The van der Waals surface area contributed by atoms with Gasteiger partial charge in [-0.3, -0.25) is 0 Å². The molecule has 0 atom stereocenters. The predicted molar refractivity (Wildman–Crippen MR) is 171 cm³/mol. The van der Waals surface area contributed by atoms with E-state index in [1.807, 2.05) is 0 Å². The van der Waals surface area contributed by atoms with E-state index < -0.39 is 0 Å². The summed E-state index contributed by atoms with van der Waals surface area (Å²) in [4.78, 5) is 0. The van der Waals surface area contributed by atoms with E-state index in [-0.39, 0.29) is 10.8 Å². The van der Waals surface area contributed by atoms with Crippen LogP contribution in [0.3, 0.4) is 0 Å². The first-order valence-corrected chi connectivity index (χ1v) is 14.9. The van der Waals surface area contributed by atoms with Crippen molar-refractivity contribution in [3.8, 4) is 22.8 Å². The minimum Gasteiger partial charge on any atom is -0.455 e. The zero-order valence-corrected chi connectivity index (χ0v) is 26.0. The van der Waals surface area contributed by atoms with E-state index in [0.29, 0.717) is 5.92 Å². The van der Waals surface area contributed by atoms with Gasteiger partial charge in [-0.05, 0) is 80.8 Å². The lowest BCUT2D eigenvalue weighted by molar-refractivity contribution is -0.659. The minimum atomic E-state index is 0.120. The molecule has 5 aromatic rings. The molecule has 2 heterocycles. The molecule has 0 bridgehead atoms. The summed E-state index contributed by atoms with van der Waals surface area (Å²) in [5.41, 5.74) is 8.27. The van der Waals surface area contributed by atoms with Gasteiger partial charge in [-0.25, -0.2) is 4.57 Å². The largest absolute Gasteiger partial charge is 0.455 e. The van der Waals surface area contributed by atoms with Gasteiger partial charge in [-0.15, -0.1) is 0 Å². The third kappa shape index (κ3) is 4.46.